The zero-order valence-corrected chi connectivity index (χ0v) is 12.1. The summed E-state index contributed by atoms with van der Waals surface area (Å²) in [5, 5.41) is 7.88. The van der Waals surface area contributed by atoms with E-state index >= 15 is 0 Å². The molecule has 1 aromatic carbocycles. The Hall–Kier alpha value is -2.01. The fraction of sp³-hybridized carbons (Fsp3) is 0.400. The van der Waals surface area contributed by atoms with Gasteiger partial charge in [-0.3, -0.25) is 4.68 Å². The van der Waals surface area contributed by atoms with Crippen molar-refractivity contribution >= 4 is 0 Å². The third-order valence-electron chi connectivity index (χ3n) is 3.75. The van der Waals surface area contributed by atoms with Gasteiger partial charge in [-0.2, -0.15) is 5.10 Å². The van der Waals surface area contributed by atoms with Crippen LogP contribution in [-0.2, 0) is 20.1 Å². The van der Waals surface area contributed by atoms with Gasteiger partial charge in [0.2, 0.25) is 6.79 Å². The van der Waals surface area contributed by atoms with E-state index in [1.807, 2.05) is 30.8 Å². The summed E-state index contributed by atoms with van der Waals surface area (Å²) >= 11 is 0. The summed E-state index contributed by atoms with van der Waals surface area (Å²) in [6.45, 7) is 6.00. The van der Waals surface area contributed by atoms with Crippen molar-refractivity contribution in [2.24, 2.45) is 7.05 Å². The quantitative estimate of drug-likeness (QED) is 0.926. The summed E-state index contributed by atoms with van der Waals surface area (Å²) in [6.07, 6.45) is 0. The van der Waals surface area contributed by atoms with E-state index in [-0.39, 0.29) is 0 Å². The molecule has 0 fully saturated rings. The summed E-state index contributed by atoms with van der Waals surface area (Å²) in [7, 11) is 1.97. The molecule has 1 N–H and O–H groups in total. The van der Waals surface area contributed by atoms with Gasteiger partial charge in [0.05, 0.1) is 5.69 Å². The monoisotopic (exact) mass is 273 g/mol. The van der Waals surface area contributed by atoms with E-state index in [2.05, 4.69) is 23.4 Å². The molecule has 2 aromatic rings. The Morgan fingerprint density at radius 3 is 2.85 bits per heavy atom. The predicted molar refractivity (Wildman–Crippen MR) is 75.8 cm³/mol. The van der Waals surface area contributed by atoms with Gasteiger partial charge in [0.25, 0.3) is 0 Å². The molecule has 0 unspecified atom stereocenters. The molecule has 0 saturated carbocycles. The smallest absolute Gasteiger partial charge is 0.231 e. The Balaban J connectivity index is 1.68. The summed E-state index contributed by atoms with van der Waals surface area (Å²) in [6, 6.07) is 5.98. The van der Waals surface area contributed by atoms with Crippen LogP contribution >= 0.6 is 0 Å². The maximum absolute atomic E-state index is 5.51. The predicted octanol–water partition coefficient (Wildman–Crippen LogP) is 2.06. The number of benzene rings is 1. The lowest BCUT2D eigenvalue weighted by atomic mass is 10.1. The summed E-state index contributed by atoms with van der Waals surface area (Å²) in [4.78, 5) is 0. The van der Waals surface area contributed by atoms with Gasteiger partial charge >= 0.3 is 0 Å². The van der Waals surface area contributed by atoms with Crippen LogP contribution in [0.25, 0.3) is 0 Å². The lowest BCUT2D eigenvalue weighted by Gasteiger charge is -2.08. The fourth-order valence-corrected chi connectivity index (χ4v) is 2.53. The van der Waals surface area contributed by atoms with Crippen LogP contribution in [0.4, 0.5) is 0 Å². The van der Waals surface area contributed by atoms with E-state index in [1.54, 1.807) is 0 Å². The van der Waals surface area contributed by atoms with Crippen molar-refractivity contribution in [1.29, 1.82) is 0 Å². The van der Waals surface area contributed by atoms with Crippen molar-refractivity contribution in [2.75, 3.05) is 6.79 Å². The Morgan fingerprint density at radius 1 is 1.25 bits per heavy atom. The van der Waals surface area contributed by atoms with Crippen molar-refractivity contribution < 1.29 is 9.47 Å². The van der Waals surface area contributed by atoms with Crippen LogP contribution in [0.2, 0.25) is 0 Å². The fourth-order valence-electron chi connectivity index (χ4n) is 2.53. The van der Waals surface area contributed by atoms with Crippen LogP contribution in [0.1, 0.15) is 22.5 Å². The molecule has 5 heteroatoms. The Labute approximate surface area is 118 Å². The highest BCUT2D eigenvalue weighted by Crippen LogP contribution is 2.35. The van der Waals surface area contributed by atoms with Gasteiger partial charge in [-0.15, -0.1) is 0 Å². The van der Waals surface area contributed by atoms with Crippen LogP contribution in [0.5, 0.6) is 11.5 Å². The number of nitrogens with zero attached hydrogens (tertiary/aromatic N) is 2. The van der Waals surface area contributed by atoms with Gasteiger partial charge in [0.15, 0.2) is 11.5 Å². The number of para-hydroxylation sites is 1. The second-order valence-electron chi connectivity index (χ2n) is 5.03. The van der Waals surface area contributed by atoms with Crippen LogP contribution in [0.15, 0.2) is 18.2 Å². The van der Waals surface area contributed by atoms with E-state index in [0.717, 1.165) is 35.8 Å². The van der Waals surface area contributed by atoms with Crippen molar-refractivity contribution in [3.8, 4) is 11.5 Å². The second-order valence-corrected chi connectivity index (χ2v) is 5.03. The minimum Gasteiger partial charge on any atom is -0.454 e. The van der Waals surface area contributed by atoms with Crippen molar-refractivity contribution in [2.45, 2.75) is 26.9 Å². The lowest BCUT2D eigenvalue weighted by Crippen LogP contribution is -2.14. The molecule has 1 aliphatic rings. The molecule has 106 valence electrons. The topological polar surface area (TPSA) is 48.3 Å². The molecule has 20 heavy (non-hydrogen) atoms. The van der Waals surface area contributed by atoms with Crippen molar-refractivity contribution in [3.63, 3.8) is 0 Å². The first kappa shape index (κ1) is 13.0. The van der Waals surface area contributed by atoms with Gasteiger partial charge in [0, 0.05) is 37.0 Å². The molecule has 0 atom stereocenters. The molecule has 0 bridgehead atoms. The molecule has 0 spiro atoms. The van der Waals surface area contributed by atoms with E-state index < -0.39 is 0 Å². The van der Waals surface area contributed by atoms with Gasteiger partial charge in [-0.1, -0.05) is 12.1 Å². The largest absolute Gasteiger partial charge is 0.454 e. The standard InChI is InChI=1S/C15H19N3O2/c1-10-13(11(2)18(3)17-10)8-16-7-12-5-4-6-14-15(12)20-9-19-14/h4-6,16H,7-9H2,1-3H3. The Bertz CT molecular complexity index is 634. The zero-order chi connectivity index (χ0) is 14.1. The van der Waals surface area contributed by atoms with Crippen molar-refractivity contribution in [3.05, 3.63) is 40.7 Å². The third kappa shape index (κ3) is 2.25. The molecule has 2 heterocycles. The number of nitrogens with one attached hydrogen (secondary N) is 1. The first-order valence-corrected chi connectivity index (χ1v) is 6.74. The number of hydrogen-bond donors (Lipinski definition) is 1. The molecular formula is C15H19N3O2. The van der Waals surface area contributed by atoms with E-state index in [1.165, 1.54) is 11.3 Å². The Morgan fingerprint density at radius 2 is 2.10 bits per heavy atom. The van der Waals surface area contributed by atoms with E-state index in [0.29, 0.717) is 6.79 Å². The number of aromatic nitrogens is 2. The minimum atomic E-state index is 0.313. The molecule has 0 aliphatic carbocycles. The highest BCUT2D eigenvalue weighted by Gasteiger charge is 2.17. The first-order valence-electron chi connectivity index (χ1n) is 6.74. The van der Waals surface area contributed by atoms with Crippen molar-refractivity contribution in [1.82, 2.24) is 15.1 Å². The number of aryl methyl sites for hydroxylation is 2. The number of fused-ring (bicyclic) bond motifs is 1. The van der Waals surface area contributed by atoms with Gasteiger partial charge in [0.1, 0.15) is 0 Å². The van der Waals surface area contributed by atoms with E-state index in [9.17, 15) is 0 Å². The maximum Gasteiger partial charge on any atom is 0.231 e. The average Bonchev–Trinajstić information content (AvgIpc) is 2.99. The van der Waals surface area contributed by atoms with Crippen LogP contribution in [0, 0.1) is 13.8 Å². The molecular weight excluding hydrogens is 254 g/mol. The summed E-state index contributed by atoms with van der Waals surface area (Å²) < 4.78 is 12.8. The maximum atomic E-state index is 5.51. The molecule has 5 nitrogen and oxygen atoms in total. The highest BCUT2D eigenvalue weighted by atomic mass is 16.7. The average molecular weight is 273 g/mol. The molecule has 1 aliphatic heterocycles. The van der Waals surface area contributed by atoms with Gasteiger partial charge in [-0.05, 0) is 19.9 Å². The molecule has 0 amide bonds. The van der Waals surface area contributed by atoms with Gasteiger partial charge < -0.3 is 14.8 Å². The molecule has 1 aromatic heterocycles. The number of ether oxygens (including phenoxy) is 2. The first-order chi connectivity index (χ1) is 9.66. The molecule has 0 saturated heterocycles. The number of hydrogen-bond acceptors (Lipinski definition) is 4. The normalized spacial score (nSPS) is 12.9. The molecule has 0 radical (unpaired) electrons. The van der Waals surface area contributed by atoms with Gasteiger partial charge in [-0.25, -0.2) is 0 Å². The zero-order valence-electron chi connectivity index (χ0n) is 12.1. The van der Waals surface area contributed by atoms with Crippen LogP contribution < -0.4 is 14.8 Å². The third-order valence-corrected chi connectivity index (χ3v) is 3.75. The SMILES string of the molecule is Cc1nn(C)c(C)c1CNCc1cccc2c1OCO2. The van der Waals surface area contributed by atoms with Crippen LogP contribution in [-0.4, -0.2) is 16.6 Å². The minimum absolute atomic E-state index is 0.313. The van der Waals surface area contributed by atoms with Crippen LogP contribution in [0.3, 0.4) is 0 Å². The summed E-state index contributed by atoms with van der Waals surface area (Å²) in [5.74, 6) is 1.69. The second kappa shape index (κ2) is 5.17. The Kier molecular flexibility index (Phi) is 3.36. The van der Waals surface area contributed by atoms with E-state index in [4.69, 9.17) is 9.47 Å². The molecule has 3 rings (SSSR count). The number of rotatable bonds is 4. The summed E-state index contributed by atoms with van der Waals surface area (Å²) in [5.41, 5.74) is 4.67. The lowest BCUT2D eigenvalue weighted by molar-refractivity contribution is 0.173. The highest BCUT2D eigenvalue weighted by molar-refractivity contribution is 5.48.